The summed E-state index contributed by atoms with van der Waals surface area (Å²) < 4.78 is 1.80. The molecule has 0 saturated carbocycles. The molecule has 0 aliphatic rings. The van der Waals surface area contributed by atoms with E-state index in [1.807, 2.05) is 31.3 Å². The van der Waals surface area contributed by atoms with Crippen molar-refractivity contribution in [2.45, 2.75) is 20.0 Å². The van der Waals surface area contributed by atoms with Gasteiger partial charge < -0.3 is 5.32 Å². The third kappa shape index (κ3) is 3.13. The number of pyridine rings is 1. The molecule has 0 aliphatic carbocycles. The third-order valence-electron chi connectivity index (χ3n) is 2.24. The SMILES string of the molecule is Cc1cccc(CNCCn2ccnn2)n1. The fourth-order valence-electron chi connectivity index (χ4n) is 1.46. The quantitative estimate of drug-likeness (QED) is 0.752. The minimum Gasteiger partial charge on any atom is -0.309 e. The second-order valence-electron chi connectivity index (χ2n) is 3.61. The van der Waals surface area contributed by atoms with Gasteiger partial charge in [-0.2, -0.15) is 0 Å². The standard InChI is InChI=1S/C11H15N5/c1-10-3-2-4-11(14-10)9-12-5-7-16-8-6-13-15-16/h2-4,6,8,12H,5,7,9H2,1H3. The molecule has 84 valence electrons. The Balaban J connectivity index is 1.72. The lowest BCUT2D eigenvalue weighted by molar-refractivity contribution is 0.537. The zero-order valence-electron chi connectivity index (χ0n) is 9.30. The molecule has 0 aromatic carbocycles. The van der Waals surface area contributed by atoms with E-state index in [-0.39, 0.29) is 0 Å². The van der Waals surface area contributed by atoms with Gasteiger partial charge in [-0.1, -0.05) is 11.3 Å². The van der Waals surface area contributed by atoms with Crippen LogP contribution in [0.15, 0.2) is 30.6 Å². The lowest BCUT2D eigenvalue weighted by Crippen LogP contribution is -2.20. The van der Waals surface area contributed by atoms with E-state index >= 15 is 0 Å². The molecule has 2 aromatic rings. The zero-order chi connectivity index (χ0) is 11.2. The topological polar surface area (TPSA) is 55.6 Å². The van der Waals surface area contributed by atoms with E-state index in [2.05, 4.69) is 20.6 Å². The van der Waals surface area contributed by atoms with Gasteiger partial charge >= 0.3 is 0 Å². The Hall–Kier alpha value is -1.75. The summed E-state index contributed by atoms with van der Waals surface area (Å²) in [6, 6.07) is 6.05. The van der Waals surface area contributed by atoms with Gasteiger partial charge in [0, 0.05) is 25.0 Å². The van der Waals surface area contributed by atoms with E-state index in [9.17, 15) is 0 Å². The summed E-state index contributed by atoms with van der Waals surface area (Å²) in [6.45, 7) is 4.47. The van der Waals surface area contributed by atoms with Gasteiger partial charge in [0.15, 0.2) is 0 Å². The van der Waals surface area contributed by atoms with Gasteiger partial charge in [0.25, 0.3) is 0 Å². The summed E-state index contributed by atoms with van der Waals surface area (Å²) >= 11 is 0. The molecule has 16 heavy (non-hydrogen) atoms. The van der Waals surface area contributed by atoms with E-state index in [4.69, 9.17) is 0 Å². The Morgan fingerprint density at radius 2 is 2.31 bits per heavy atom. The van der Waals surface area contributed by atoms with Gasteiger partial charge in [0.2, 0.25) is 0 Å². The Kier molecular flexibility index (Phi) is 3.61. The summed E-state index contributed by atoms with van der Waals surface area (Å²) in [7, 11) is 0. The molecule has 0 saturated heterocycles. The fraction of sp³-hybridized carbons (Fsp3) is 0.364. The molecule has 2 aromatic heterocycles. The molecule has 0 bridgehead atoms. The van der Waals surface area contributed by atoms with Crippen LogP contribution in [0, 0.1) is 6.92 Å². The third-order valence-corrected chi connectivity index (χ3v) is 2.24. The highest BCUT2D eigenvalue weighted by molar-refractivity contribution is 5.09. The van der Waals surface area contributed by atoms with Crippen molar-refractivity contribution in [2.75, 3.05) is 6.54 Å². The second-order valence-corrected chi connectivity index (χ2v) is 3.61. The predicted molar refractivity (Wildman–Crippen MR) is 60.7 cm³/mol. The second kappa shape index (κ2) is 5.37. The number of aromatic nitrogens is 4. The van der Waals surface area contributed by atoms with Crippen molar-refractivity contribution < 1.29 is 0 Å². The van der Waals surface area contributed by atoms with Gasteiger partial charge in [-0.15, -0.1) is 5.10 Å². The first-order valence-corrected chi connectivity index (χ1v) is 5.32. The first-order chi connectivity index (χ1) is 7.84. The highest BCUT2D eigenvalue weighted by Crippen LogP contribution is 1.97. The van der Waals surface area contributed by atoms with E-state index in [1.165, 1.54) is 0 Å². The van der Waals surface area contributed by atoms with Crippen LogP contribution in [0.2, 0.25) is 0 Å². The molecule has 5 heteroatoms. The molecule has 0 amide bonds. The lowest BCUT2D eigenvalue weighted by atomic mass is 10.3. The molecular weight excluding hydrogens is 202 g/mol. The van der Waals surface area contributed by atoms with Crippen LogP contribution >= 0.6 is 0 Å². The van der Waals surface area contributed by atoms with Crippen LogP contribution in [0.3, 0.4) is 0 Å². The van der Waals surface area contributed by atoms with Crippen molar-refractivity contribution in [3.05, 3.63) is 42.0 Å². The maximum absolute atomic E-state index is 4.41. The first-order valence-electron chi connectivity index (χ1n) is 5.32. The Morgan fingerprint density at radius 1 is 1.38 bits per heavy atom. The molecule has 0 atom stereocenters. The molecule has 0 radical (unpaired) electrons. The van der Waals surface area contributed by atoms with Crippen LogP contribution in [-0.2, 0) is 13.1 Å². The summed E-state index contributed by atoms with van der Waals surface area (Å²) in [5.74, 6) is 0. The molecule has 2 heterocycles. The maximum atomic E-state index is 4.41. The maximum Gasteiger partial charge on any atom is 0.0692 e. The summed E-state index contributed by atoms with van der Waals surface area (Å²) in [5.41, 5.74) is 2.12. The van der Waals surface area contributed by atoms with Gasteiger partial charge in [0.1, 0.15) is 0 Å². The lowest BCUT2D eigenvalue weighted by Gasteiger charge is -2.04. The van der Waals surface area contributed by atoms with Crippen LogP contribution in [0.25, 0.3) is 0 Å². The van der Waals surface area contributed by atoms with Crippen molar-refractivity contribution in [3.63, 3.8) is 0 Å². The fourth-order valence-corrected chi connectivity index (χ4v) is 1.46. The Bertz CT molecular complexity index is 424. The van der Waals surface area contributed by atoms with Crippen molar-refractivity contribution in [3.8, 4) is 0 Å². The van der Waals surface area contributed by atoms with Crippen LogP contribution in [0.4, 0.5) is 0 Å². The smallest absolute Gasteiger partial charge is 0.0692 e. The highest BCUT2D eigenvalue weighted by Gasteiger charge is 1.95. The van der Waals surface area contributed by atoms with Crippen molar-refractivity contribution in [1.29, 1.82) is 0 Å². The van der Waals surface area contributed by atoms with Gasteiger partial charge in [-0.05, 0) is 19.1 Å². The minimum absolute atomic E-state index is 0.788. The molecule has 0 aliphatic heterocycles. The van der Waals surface area contributed by atoms with Gasteiger partial charge in [-0.25, -0.2) is 0 Å². The number of hydrogen-bond donors (Lipinski definition) is 1. The normalized spacial score (nSPS) is 10.6. The zero-order valence-corrected chi connectivity index (χ0v) is 9.30. The average Bonchev–Trinajstić information content (AvgIpc) is 2.77. The molecule has 2 rings (SSSR count). The van der Waals surface area contributed by atoms with E-state index in [0.29, 0.717) is 0 Å². The number of hydrogen-bond acceptors (Lipinski definition) is 4. The molecule has 0 unspecified atom stereocenters. The largest absolute Gasteiger partial charge is 0.309 e. The van der Waals surface area contributed by atoms with E-state index < -0.39 is 0 Å². The van der Waals surface area contributed by atoms with E-state index in [1.54, 1.807) is 10.9 Å². The number of nitrogens with one attached hydrogen (secondary N) is 1. The molecule has 1 N–H and O–H groups in total. The van der Waals surface area contributed by atoms with Crippen LogP contribution in [-0.4, -0.2) is 26.5 Å². The van der Waals surface area contributed by atoms with Crippen molar-refractivity contribution >= 4 is 0 Å². The highest BCUT2D eigenvalue weighted by atomic mass is 15.4. The number of aryl methyl sites for hydroxylation is 1. The van der Waals surface area contributed by atoms with Crippen molar-refractivity contribution in [2.24, 2.45) is 0 Å². The van der Waals surface area contributed by atoms with Crippen LogP contribution in [0.5, 0.6) is 0 Å². The Labute approximate surface area is 94.5 Å². The molecule has 0 spiro atoms. The molecule has 0 fully saturated rings. The first kappa shape index (κ1) is 10.8. The minimum atomic E-state index is 0.788. The van der Waals surface area contributed by atoms with Crippen LogP contribution < -0.4 is 5.32 Å². The van der Waals surface area contributed by atoms with Gasteiger partial charge in [-0.3, -0.25) is 9.67 Å². The number of rotatable bonds is 5. The Morgan fingerprint density at radius 3 is 3.06 bits per heavy atom. The van der Waals surface area contributed by atoms with Crippen molar-refractivity contribution in [1.82, 2.24) is 25.3 Å². The molecular formula is C11H15N5. The van der Waals surface area contributed by atoms with E-state index in [0.717, 1.165) is 31.0 Å². The summed E-state index contributed by atoms with van der Waals surface area (Å²) in [6.07, 6.45) is 3.54. The summed E-state index contributed by atoms with van der Waals surface area (Å²) in [4.78, 5) is 4.41. The summed E-state index contributed by atoms with van der Waals surface area (Å²) in [5, 5.41) is 10.9. The average molecular weight is 217 g/mol. The van der Waals surface area contributed by atoms with Crippen LogP contribution in [0.1, 0.15) is 11.4 Å². The monoisotopic (exact) mass is 217 g/mol. The molecule has 5 nitrogen and oxygen atoms in total. The predicted octanol–water partition coefficient (Wildman–Crippen LogP) is 0.771. The number of nitrogens with zero attached hydrogens (tertiary/aromatic N) is 4. The van der Waals surface area contributed by atoms with Gasteiger partial charge in [0.05, 0.1) is 18.4 Å².